The van der Waals surface area contributed by atoms with Crippen molar-refractivity contribution in [3.8, 4) is 0 Å². The number of fused-ring (bicyclic) bond motifs is 1. The second-order valence-electron chi connectivity index (χ2n) is 4.45. The molecule has 0 atom stereocenters. The van der Waals surface area contributed by atoms with Crippen molar-refractivity contribution in [1.82, 2.24) is 14.7 Å². The van der Waals surface area contributed by atoms with E-state index < -0.39 is 5.97 Å². The Morgan fingerprint density at radius 1 is 1.40 bits per heavy atom. The molecule has 0 radical (unpaired) electrons. The van der Waals surface area contributed by atoms with Crippen molar-refractivity contribution < 1.29 is 14.3 Å². The Morgan fingerprint density at radius 2 is 2.20 bits per heavy atom. The van der Waals surface area contributed by atoms with E-state index >= 15 is 0 Å². The van der Waals surface area contributed by atoms with Crippen LogP contribution in [0.3, 0.4) is 0 Å². The largest absolute Gasteiger partial charge is 0.451 e. The summed E-state index contributed by atoms with van der Waals surface area (Å²) in [5, 5.41) is 2.63. The second-order valence-corrected chi connectivity index (χ2v) is 4.45. The third-order valence-corrected chi connectivity index (χ3v) is 2.81. The number of ether oxygens (including phenoxy) is 1. The van der Waals surface area contributed by atoms with Crippen LogP contribution >= 0.6 is 0 Å². The molecule has 6 nitrogen and oxygen atoms in total. The molecule has 0 bridgehead atoms. The summed E-state index contributed by atoms with van der Waals surface area (Å²) in [5.41, 5.74) is 1.84. The minimum Gasteiger partial charge on any atom is -0.451 e. The lowest BCUT2D eigenvalue weighted by Gasteiger charge is -2.03. The average Bonchev–Trinajstić information content (AvgIpc) is 2.88. The summed E-state index contributed by atoms with van der Waals surface area (Å²) in [6.07, 6.45) is 2.45. The molecule has 1 N–H and O–H groups in total. The van der Waals surface area contributed by atoms with Crippen LogP contribution in [0.1, 0.15) is 29.5 Å². The van der Waals surface area contributed by atoms with E-state index in [1.54, 1.807) is 16.7 Å². The first kappa shape index (κ1) is 14.0. The van der Waals surface area contributed by atoms with Gasteiger partial charge in [0.05, 0.1) is 0 Å². The van der Waals surface area contributed by atoms with Crippen LogP contribution in [0.2, 0.25) is 0 Å². The number of aryl methyl sites for hydroxylation is 1. The van der Waals surface area contributed by atoms with Gasteiger partial charge in [0, 0.05) is 18.4 Å². The highest BCUT2D eigenvalue weighted by atomic mass is 16.5. The molecule has 20 heavy (non-hydrogen) atoms. The van der Waals surface area contributed by atoms with Gasteiger partial charge in [-0.2, -0.15) is 0 Å². The van der Waals surface area contributed by atoms with Gasteiger partial charge in [-0.1, -0.05) is 13.0 Å². The third kappa shape index (κ3) is 3.14. The normalized spacial score (nSPS) is 10.5. The summed E-state index contributed by atoms with van der Waals surface area (Å²) >= 11 is 0. The Bertz CT molecular complexity index is 634. The summed E-state index contributed by atoms with van der Waals surface area (Å²) in [6, 6.07) is 5.59. The highest BCUT2D eigenvalue weighted by molar-refractivity contribution is 5.90. The van der Waals surface area contributed by atoms with Gasteiger partial charge in [0.2, 0.25) is 0 Å². The molecule has 0 aliphatic heterocycles. The van der Waals surface area contributed by atoms with Gasteiger partial charge < -0.3 is 14.5 Å². The van der Waals surface area contributed by atoms with Crippen molar-refractivity contribution in [3.63, 3.8) is 0 Å². The fourth-order valence-corrected chi connectivity index (χ4v) is 1.77. The number of nitrogens with one attached hydrogen (secondary N) is 1. The SMILES string of the molecule is CCCNC(=O)COC(=O)c1cn2c(C)cccc2n1. The van der Waals surface area contributed by atoms with E-state index in [0.717, 1.165) is 12.1 Å². The van der Waals surface area contributed by atoms with Crippen LogP contribution < -0.4 is 5.32 Å². The van der Waals surface area contributed by atoms with Crippen LogP contribution in [0.5, 0.6) is 0 Å². The highest BCUT2D eigenvalue weighted by Gasteiger charge is 2.14. The minimum absolute atomic E-state index is 0.197. The molecule has 0 unspecified atom stereocenters. The van der Waals surface area contributed by atoms with Gasteiger partial charge in [-0.15, -0.1) is 0 Å². The van der Waals surface area contributed by atoms with Crippen molar-refractivity contribution in [2.75, 3.05) is 13.2 Å². The topological polar surface area (TPSA) is 72.7 Å². The molecule has 0 fully saturated rings. The number of imidazole rings is 1. The van der Waals surface area contributed by atoms with E-state index in [4.69, 9.17) is 4.74 Å². The molecular weight excluding hydrogens is 258 g/mol. The summed E-state index contributed by atoms with van der Waals surface area (Å²) in [7, 11) is 0. The van der Waals surface area contributed by atoms with Crippen LogP contribution in [0.25, 0.3) is 5.65 Å². The molecule has 0 aromatic carbocycles. The van der Waals surface area contributed by atoms with Crippen molar-refractivity contribution >= 4 is 17.5 Å². The average molecular weight is 275 g/mol. The molecule has 2 aromatic rings. The van der Waals surface area contributed by atoms with Crippen LogP contribution in [0.15, 0.2) is 24.4 Å². The number of carbonyl (C=O) groups excluding carboxylic acids is 2. The Kier molecular flexibility index (Phi) is 4.34. The molecule has 2 rings (SSSR count). The van der Waals surface area contributed by atoms with Crippen molar-refractivity contribution in [2.45, 2.75) is 20.3 Å². The summed E-state index contributed by atoms with van der Waals surface area (Å²) in [6.45, 7) is 4.16. The van der Waals surface area contributed by atoms with Crippen molar-refractivity contribution in [3.05, 3.63) is 35.8 Å². The molecule has 2 aromatic heterocycles. The minimum atomic E-state index is -0.597. The zero-order valence-corrected chi connectivity index (χ0v) is 11.5. The number of pyridine rings is 1. The number of rotatable bonds is 5. The smallest absolute Gasteiger partial charge is 0.359 e. The maximum Gasteiger partial charge on any atom is 0.359 e. The molecule has 6 heteroatoms. The zero-order chi connectivity index (χ0) is 14.5. The Balaban J connectivity index is 2.01. The van der Waals surface area contributed by atoms with E-state index in [1.807, 2.05) is 26.0 Å². The quantitative estimate of drug-likeness (QED) is 0.835. The van der Waals surface area contributed by atoms with E-state index in [1.165, 1.54) is 0 Å². The first-order valence-electron chi connectivity index (χ1n) is 6.50. The van der Waals surface area contributed by atoms with Gasteiger partial charge in [0.25, 0.3) is 5.91 Å². The van der Waals surface area contributed by atoms with Gasteiger partial charge in [-0.25, -0.2) is 9.78 Å². The van der Waals surface area contributed by atoms with Gasteiger partial charge in [-0.05, 0) is 25.5 Å². The van der Waals surface area contributed by atoms with E-state index in [0.29, 0.717) is 12.2 Å². The van der Waals surface area contributed by atoms with Gasteiger partial charge in [0.1, 0.15) is 5.65 Å². The lowest BCUT2D eigenvalue weighted by molar-refractivity contribution is -0.124. The number of nitrogens with zero attached hydrogens (tertiary/aromatic N) is 2. The molecule has 0 saturated heterocycles. The predicted molar refractivity (Wildman–Crippen MR) is 73.5 cm³/mol. The Labute approximate surface area is 116 Å². The molecule has 2 heterocycles. The maximum absolute atomic E-state index is 11.8. The summed E-state index contributed by atoms with van der Waals surface area (Å²) in [5.74, 6) is -0.903. The van der Waals surface area contributed by atoms with Gasteiger partial charge >= 0.3 is 5.97 Å². The maximum atomic E-state index is 11.8. The zero-order valence-electron chi connectivity index (χ0n) is 11.5. The van der Waals surface area contributed by atoms with E-state index in [2.05, 4.69) is 10.3 Å². The first-order valence-corrected chi connectivity index (χ1v) is 6.50. The second kappa shape index (κ2) is 6.18. The number of amides is 1. The number of aromatic nitrogens is 2. The van der Waals surface area contributed by atoms with E-state index in [9.17, 15) is 9.59 Å². The van der Waals surface area contributed by atoms with Crippen molar-refractivity contribution in [1.29, 1.82) is 0 Å². The lowest BCUT2D eigenvalue weighted by Crippen LogP contribution is -2.29. The summed E-state index contributed by atoms with van der Waals surface area (Å²) in [4.78, 5) is 27.3. The van der Waals surface area contributed by atoms with Crippen LogP contribution in [0.4, 0.5) is 0 Å². The van der Waals surface area contributed by atoms with E-state index in [-0.39, 0.29) is 18.2 Å². The molecule has 0 saturated carbocycles. The third-order valence-electron chi connectivity index (χ3n) is 2.81. The van der Waals surface area contributed by atoms with Crippen molar-refractivity contribution in [2.24, 2.45) is 0 Å². The standard InChI is InChI=1S/C14H17N3O3/c1-3-7-15-13(18)9-20-14(19)11-8-17-10(2)5-4-6-12(17)16-11/h4-6,8H,3,7,9H2,1-2H3,(H,15,18). The number of esters is 1. The van der Waals surface area contributed by atoms with Crippen LogP contribution in [0, 0.1) is 6.92 Å². The van der Waals surface area contributed by atoms with Crippen LogP contribution in [-0.2, 0) is 9.53 Å². The molecule has 106 valence electrons. The monoisotopic (exact) mass is 275 g/mol. The fraction of sp³-hybridized carbons (Fsp3) is 0.357. The fourth-order valence-electron chi connectivity index (χ4n) is 1.77. The van der Waals surface area contributed by atoms with Gasteiger partial charge in [-0.3, -0.25) is 4.79 Å². The summed E-state index contributed by atoms with van der Waals surface area (Å²) < 4.78 is 6.73. The molecule has 0 aliphatic rings. The molecule has 1 amide bonds. The lowest BCUT2D eigenvalue weighted by atomic mass is 10.4. The number of hydrogen-bond donors (Lipinski definition) is 1. The molecule has 0 aliphatic carbocycles. The molecular formula is C14H17N3O3. The molecule has 0 spiro atoms. The van der Waals surface area contributed by atoms with Gasteiger partial charge in [0.15, 0.2) is 12.3 Å². The van der Waals surface area contributed by atoms with Crippen LogP contribution in [-0.4, -0.2) is 34.4 Å². The number of carbonyl (C=O) groups is 2. The Hall–Kier alpha value is -2.37. The predicted octanol–water partition coefficient (Wildman–Crippen LogP) is 1.33. The highest BCUT2D eigenvalue weighted by Crippen LogP contribution is 2.09. The number of hydrogen-bond acceptors (Lipinski definition) is 4. The Morgan fingerprint density at radius 3 is 2.90 bits per heavy atom. The first-order chi connectivity index (χ1) is 9.61.